The number of hydrogen-bond acceptors (Lipinski definition) is 12. The van der Waals surface area contributed by atoms with E-state index in [-0.39, 0.29) is 0 Å². The van der Waals surface area contributed by atoms with Gasteiger partial charge in [0.15, 0.2) is 0 Å². The van der Waals surface area contributed by atoms with Crippen LogP contribution >= 0.6 is 0 Å². The van der Waals surface area contributed by atoms with E-state index in [0.29, 0.717) is 24.6 Å². The first-order chi connectivity index (χ1) is 14.0. The fourth-order valence-electron chi connectivity index (χ4n) is 2.13. The molecular weight excluding hydrogens is 412 g/mol. The zero-order valence-electron chi connectivity index (χ0n) is 14.3. The number of non-ortho nitro benzene ring substituents is 2. The summed E-state index contributed by atoms with van der Waals surface area (Å²) in [6.07, 6.45) is 1.41. The molecule has 0 heterocycles. The van der Waals surface area contributed by atoms with E-state index in [2.05, 4.69) is 10.2 Å². The van der Waals surface area contributed by atoms with Gasteiger partial charge in [-0.25, -0.2) is 0 Å². The summed E-state index contributed by atoms with van der Waals surface area (Å²) >= 11 is 0. The average Bonchev–Trinajstić information content (AvgIpc) is 2.66. The van der Waals surface area contributed by atoms with Crippen molar-refractivity contribution < 1.29 is 29.9 Å². The van der Waals surface area contributed by atoms with Crippen LogP contribution in [0.25, 0.3) is 0 Å². The SMILES string of the molecule is O=[N+]([O-])c1cc(C=NN=Cc2cc([N+](=O)[O-])cc([N+](=O)[O-])c2O)c(O)c([N+](=O)[O-])c1. The topological polar surface area (TPSA) is 238 Å². The Morgan fingerprint density at radius 1 is 0.633 bits per heavy atom. The van der Waals surface area contributed by atoms with Gasteiger partial charge in [-0.05, 0) is 0 Å². The average molecular weight is 420 g/mol. The molecule has 0 spiro atoms. The Hall–Kier alpha value is -5.02. The van der Waals surface area contributed by atoms with Crippen molar-refractivity contribution >= 4 is 35.2 Å². The largest absolute Gasteiger partial charge is 0.502 e. The highest BCUT2D eigenvalue weighted by molar-refractivity contribution is 5.89. The molecule has 0 amide bonds. The maximum atomic E-state index is 10.9. The van der Waals surface area contributed by atoms with Crippen molar-refractivity contribution in [3.05, 3.63) is 75.8 Å². The van der Waals surface area contributed by atoms with Crippen LogP contribution in [0.5, 0.6) is 11.5 Å². The van der Waals surface area contributed by atoms with Gasteiger partial charge < -0.3 is 10.2 Å². The Bertz CT molecular complexity index is 1050. The monoisotopic (exact) mass is 420 g/mol. The maximum Gasteiger partial charge on any atom is 0.318 e. The van der Waals surface area contributed by atoms with Crippen LogP contribution in [0.1, 0.15) is 11.1 Å². The van der Waals surface area contributed by atoms with Crippen LogP contribution in [0, 0.1) is 40.5 Å². The summed E-state index contributed by atoms with van der Waals surface area (Å²) in [4.78, 5) is 39.5. The second-order valence-electron chi connectivity index (χ2n) is 5.32. The molecule has 2 aromatic rings. The summed E-state index contributed by atoms with van der Waals surface area (Å²) < 4.78 is 0. The molecule has 0 radical (unpaired) electrons. The molecule has 2 N–H and O–H groups in total. The highest BCUT2D eigenvalue weighted by Gasteiger charge is 2.24. The van der Waals surface area contributed by atoms with E-state index in [1.807, 2.05) is 0 Å². The molecule has 0 saturated carbocycles. The van der Waals surface area contributed by atoms with Crippen LogP contribution in [0.15, 0.2) is 34.5 Å². The molecule has 0 saturated heterocycles. The lowest BCUT2D eigenvalue weighted by Crippen LogP contribution is -1.97. The number of phenolic OH excluding ortho intramolecular Hbond substituents is 2. The number of nitro groups is 4. The van der Waals surface area contributed by atoms with Crippen LogP contribution < -0.4 is 0 Å². The van der Waals surface area contributed by atoms with Crippen LogP contribution in [-0.2, 0) is 0 Å². The number of aromatic hydroxyl groups is 2. The van der Waals surface area contributed by atoms with Gasteiger partial charge in [-0.15, -0.1) is 0 Å². The Balaban J connectivity index is 2.45. The van der Waals surface area contributed by atoms with Crippen LogP contribution in [0.4, 0.5) is 22.7 Å². The summed E-state index contributed by atoms with van der Waals surface area (Å²) in [6.45, 7) is 0. The van der Waals surface area contributed by atoms with Crippen LogP contribution in [0.3, 0.4) is 0 Å². The fraction of sp³-hybridized carbons (Fsp3) is 0. The molecule has 16 nitrogen and oxygen atoms in total. The highest BCUT2D eigenvalue weighted by atomic mass is 16.6. The molecule has 0 unspecified atom stereocenters. The summed E-state index contributed by atoms with van der Waals surface area (Å²) in [5.41, 5.74) is -4.22. The van der Waals surface area contributed by atoms with Crippen molar-refractivity contribution in [3.63, 3.8) is 0 Å². The normalized spacial score (nSPS) is 11.1. The molecule has 0 atom stereocenters. The van der Waals surface area contributed by atoms with Crippen molar-refractivity contribution in [2.75, 3.05) is 0 Å². The summed E-state index contributed by atoms with van der Waals surface area (Å²) in [5, 5.41) is 69.9. The summed E-state index contributed by atoms with van der Waals surface area (Å²) in [6, 6.07) is 2.63. The molecule has 154 valence electrons. The number of rotatable bonds is 7. The first-order valence-electron chi connectivity index (χ1n) is 7.41. The van der Waals surface area contributed by atoms with E-state index in [4.69, 9.17) is 0 Å². The number of nitro benzene ring substituents is 4. The molecule has 0 fully saturated rings. The van der Waals surface area contributed by atoms with Crippen LogP contribution in [0.2, 0.25) is 0 Å². The lowest BCUT2D eigenvalue weighted by atomic mass is 10.1. The highest BCUT2D eigenvalue weighted by Crippen LogP contribution is 2.34. The van der Waals surface area contributed by atoms with Gasteiger partial charge in [0.1, 0.15) is 0 Å². The fourth-order valence-corrected chi connectivity index (χ4v) is 2.13. The Morgan fingerprint density at radius 3 is 1.23 bits per heavy atom. The molecule has 0 aliphatic carbocycles. The Kier molecular flexibility index (Phi) is 5.91. The van der Waals surface area contributed by atoms with E-state index in [0.717, 1.165) is 12.1 Å². The minimum atomic E-state index is -1.05. The molecule has 0 aliphatic heterocycles. The zero-order valence-corrected chi connectivity index (χ0v) is 14.3. The standard InChI is InChI=1S/C14H8N6O10/c21-13-7(1-9(17(23)24)3-11(13)19(27)28)5-15-16-6-8-2-10(18(25)26)4-12(14(8)22)20(29)30/h1-6,21-22H. The first-order valence-corrected chi connectivity index (χ1v) is 7.41. The number of benzene rings is 2. The number of phenols is 2. The number of nitrogens with zero attached hydrogens (tertiary/aromatic N) is 6. The minimum absolute atomic E-state index is 0.442. The van der Waals surface area contributed by atoms with E-state index in [1.54, 1.807) is 0 Å². The van der Waals surface area contributed by atoms with Gasteiger partial charge >= 0.3 is 11.4 Å². The Morgan fingerprint density at radius 2 is 0.967 bits per heavy atom. The van der Waals surface area contributed by atoms with E-state index < -0.39 is 65.1 Å². The van der Waals surface area contributed by atoms with Gasteiger partial charge in [-0.3, -0.25) is 40.5 Å². The van der Waals surface area contributed by atoms with Crippen molar-refractivity contribution in [2.45, 2.75) is 0 Å². The van der Waals surface area contributed by atoms with Crippen molar-refractivity contribution in [3.8, 4) is 11.5 Å². The Labute approximate surface area is 163 Å². The van der Waals surface area contributed by atoms with E-state index in [1.165, 1.54) is 0 Å². The van der Waals surface area contributed by atoms with Gasteiger partial charge in [0.2, 0.25) is 11.5 Å². The third-order valence-electron chi connectivity index (χ3n) is 3.48. The van der Waals surface area contributed by atoms with Gasteiger partial charge in [0.25, 0.3) is 11.4 Å². The van der Waals surface area contributed by atoms with Gasteiger partial charge in [0, 0.05) is 12.1 Å². The molecule has 2 rings (SSSR count). The molecule has 16 heteroatoms. The predicted molar refractivity (Wildman–Crippen MR) is 98.0 cm³/mol. The lowest BCUT2D eigenvalue weighted by Gasteiger charge is -2.01. The van der Waals surface area contributed by atoms with Gasteiger partial charge in [-0.2, -0.15) is 10.2 Å². The first kappa shape index (κ1) is 21.3. The van der Waals surface area contributed by atoms with Crippen LogP contribution in [-0.4, -0.2) is 42.3 Å². The van der Waals surface area contributed by atoms with Crippen molar-refractivity contribution in [2.24, 2.45) is 10.2 Å². The third kappa shape index (κ3) is 4.44. The second-order valence-corrected chi connectivity index (χ2v) is 5.32. The predicted octanol–water partition coefficient (Wildman–Crippen LogP) is 2.18. The molecule has 2 aromatic carbocycles. The molecule has 0 aliphatic rings. The van der Waals surface area contributed by atoms with Crippen molar-refractivity contribution in [1.82, 2.24) is 0 Å². The molecule has 30 heavy (non-hydrogen) atoms. The zero-order chi connectivity index (χ0) is 22.6. The molecular formula is C14H8N6O10. The minimum Gasteiger partial charge on any atom is -0.502 e. The molecule has 0 aromatic heterocycles. The van der Waals surface area contributed by atoms with E-state index in [9.17, 15) is 50.7 Å². The lowest BCUT2D eigenvalue weighted by molar-refractivity contribution is -0.395. The smallest absolute Gasteiger partial charge is 0.318 e. The molecule has 0 bridgehead atoms. The summed E-state index contributed by atoms with van der Waals surface area (Å²) in [5.74, 6) is -1.86. The van der Waals surface area contributed by atoms with Crippen molar-refractivity contribution in [1.29, 1.82) is 0 Å². The second kappa shape index (κ2) is 8.33. The summed E-state index contributed by atoms with van der Waals surface area (Å²) in [7, 11) is 0. The quantitative estimate of drug-likeness (QED) is 0.376. The van der Waals surface area contributed by atoms with E-state index >= 15 is 0 Å². The number of hydrogen-bond donors (Lipinski definition) is 2. The maximum absolute atomic E-state index is 10.9. The van der Waals surface area contributed by atoms with Gasteiger partial charge in [-0.1, -0.05) is 0 Å². The third-order valence-corrected chi connectivity index (χ3v) is 3.48. The van der Waals surface area contributed by atoms with Gasteiger partial charge in [0.05, 0.1) is 55.4 Å².